The number of benzene rings is 2. The van der Waals surface area contributed by atoms with Gasteiger partial charge >= 0.3 is 0 Å². The molecule has 0 radical (unpaired) electrons. The minimum atomic E-state index is 0.0484. The van der Waals surface area contributed by atoms with Crippen LogP contribution < -0.4 is 10.6 Å². The first-order valence-electron chi connectivity index (χ1n) is 9.59. The third-order valence-corrected chi connectivity index (χ3v) is 5.98. The first-order chi connectivity index (χ1) is 13.5. The first-order valence-corrected chi connectivity index (χ1v) is 10.5. The van der Waals surface area contributed by atoms with E-state index in [0.29, 0.717) is 0 Å². The Hall–Kier alpha value is -2.72. The number of furan rings is 1. The number of rotatable bonds is 3. The van der Waals surface area contributed by atoms with Crippen LogP contribution in [0.2, 0.25) is 0 Å². The van der Waals surface area contributed by atoms with Gasteiger partial charge in [-0.15, -0.1) is 11.3 Å². The highest BCUT2D eigenvalue weighted by molar-refractivity contribution is 7.13. The molecule has 0 saturated heterocycles. The number of nitrogens with zero attached hydrogens (tertiary/aromatic N) is 2. The normalized spacial score (nSPS) is 16.0. The van der Waals surface area contributed by atoms with Crippen molar-refractivity contribution in [2.45, 2.75) is 38.6 Å². The van der Waals surface area contributed by atoms with Crippen LogP contribution in [0.3, 0.4) is 0 Å². The van der Waals surface area contributed by atoms with Gasteiger partial charge in [-0.2, -0.15) is 0 Å². The van der Waals surface area contributed by atoms with Gasteiger partial charge < -0.3 is 4.42 Å². The molecule has 0 amide bonds. The van der Waals surface area contributed by atoms with Gasteiger partial charge in [-0.05, 0) is 41.5 Å². The molecule has 0 saturated carbocycles. The highest BCUT2D eigenvalue weighted by Crippen LogP contribution is 2.33. The third kappa shape index (κ3) is 3.18. The van der Waals surface area contributed by atoms with Gasteiger partial charge in [-0.1, -0.05) is 51.1 Å². The molecule has 3 nitrogen and oxygen atoms in total. The molecule has 0 aliphatic carbocycles. The second-order valence-electron chi connectivity index (χ2n) is 8.40. The molecule has 140 valence electrons. The van der Waals surface area contributed by atoms with Crippen molar-refractivity contribution >= 4 is 28.4 Å². The standard InChI is InChI=1S/C24H22N2OS/c1-24(2,3)22-14-28-23(26-22)21-13-17-10-15(8-9-20(17)27-21)11-18-12-16-6-4-5-7-19(16)25-18/h4-10,12-14,18H,11H2,1-3H3. The Labute approximate surface area is 168 Å². The van der Waals surface area contributed by atoms with Crippen LogP contribution in [-0.2, 0) is 11.8 Å². The molecule has 0 N–H and O–H groups in total. The van der Waals surface area contributed by atoms with Crippen molar-refractivity contribution in [3.63, 3.8) is 0 Å². The van der Waals surface area contributed by atoms with Crippen molar-refractivity contribution in [3.05, 3.63) is 75.7 Å². The number of thiazole rings is 1. The zero-order valence-corrected chi connectivity index (χ0v) is 17.1. The largest absolute Gasteiger partial charge is 0.454 e. The summed E-state index contributed by atoms with van der Waals surface area (Å²) < 4.78 is 6.07. The molecule has 28 heavy (non-hydrogen) atoms. The number of fused-ring (bicyclic) bond motifs is 2. The van der Waals surface area contributed by atoms with Crippen LogP contribution >= 0.6 is 11.3 Å². The van der Waals surface area contributed by atoms with E-state index in [2.05, 4.69) is 74.7 Å². The van der Waals surface area contributed by atoms with E-state index in [1.807, 2.05) is 6.07 Å². The Balaban J connectivity index is 1.43. The number of hydrogen-bond donors (Lipinski definition) is 0. The molecule has 1 atom stereocenters. The van der Waals surface area contributed by atoms with Crippen molar-refractivity contribution in [2.24, 2.45) is 4.99 Å². The highest BCUT2D eigenvalue weighted by Gasteiger charge is 2.19. The lowest BCUT2D eigenvalue weighted by Gasteiger charge is -2.13. The summed E-state index contributed by atoms with van der Waals surface area (Å²) in [6, 6.07) is 17.0. The molecular weight excluding hydrogens is 364 g/mol. The van der Waals surface area contributed by atoms with Crippen LogP contribution in [0.1, 0.15) is 32.0 Å². The lowest BCUT2D eigenvalue weighted by molar-refractivity contribution is 0.571. The summed E-state index contributed by atoms with van der Waals surface area (Å²) in [5, 5.41) is 6.52. The topological polar surface area (TPSA) is 38.4 Å². The first kappa shape index (κ1) is 17.4. The highest BCUT2D eigenvalue weighted by atomic mass is 32.1. The molecule has 4 aromatic rings. The predicted octanol–water partition coefficient (Wildman–Crippen LogP) is 4.88. The molecule has 5 rings (SSSR count). The molecule has 3 heterocycles. The molecule has 1 aliphatic heterocycles. The molecule has 2 aromatic heterocycles. The van der Waals surface area contributed by atoms with Gasteiger partial charge in [0.2, 0.25) is 0 Å². The van der Waals surface area contributed by atoms with Gasteiger partial charge in [0.05, 0.1) is 17.1 Å². The van der Waals surface area contributed by atoms with Crippen molar-refractivity contribution < 1.29 is 4.42 Å². The molecule has 0 fully saturated rings. The Morgan fingerprint density at radius 1 is 1.07 bits per heavy atom. The summed E-state index contributed by atoms with van der Waals surface area (Å²) >= 11 is 1.64. The van der Waals surface area contributed by atoms with E-state index in [4.69, 9.17) is 14.4 Å². The maximum absolute atomic E-state index is 6.07. The minimum absolute atomic E-state index is 0.0484. The minimum Gasteiger partial charge on any atom is -0.454 e. The average molecular weight is 387 g/mol. The molecule has 1 aliphatic rings. The predicted molar refractivity (Wildman–Crippen MR) is 115 cm³/mol. The molecule has 0 bridgehead atoms. The SMILES string of the molecule is CC(C)(C)c1csc(-c2cc3cc(CC4C=c5ccccc5=N4)ccc3o2)n1. The van der Waals surface area contributed by atoms with Gasteiger partial charge in [-0.25, -0.2) is 4.98 Å². The Morgan fingerprint density at radius 3 is 2.71 bits per heavy atom. The van der Waals surface area contributed by atoms with Crippen LogP contribution in [0.5, 0.6) is 0 Å². The quantitative estimate of drug-likeness (QED) is 0.503. The lowest BCUT2D eigenvalue weighted by atomic mass is 9.93. The fraction of sp³-hybridized carbons (Fsp3) is 0.250. The zero-order chi connectivity index (χ0) is 19.3. The fourth-order valence-electron chi connectivity index (χ4n) is 3.57. The summed E-state index contributed by atoms with van der Waals surface area (Å²) in [7, 11) is 0. The fourth-order valence-corrected chi connectivity index (χ4v) is 4.57. The van der Waals surface area contributed by atoms with Gasteiger partial charge in [0.1, 0.15) is 5.58 Å². The van der Waals surface area contributed by atoms with Crippen LogP contribution in [0.4, 0.5) is 0 Å². The second kappa shape index (κ2) is 6.42. The Bertz CT molecular complexity index is 1260. The van der Waals surface area contributed by atoms with Gasteiger partial charge in [0, 0.05) is 16.2 Å². The lowest BCUT2D eigenvalue weighted by Crippen LogP contribution is -2.19. The van der Waals surface area contributed by atoms with E-state index in [0.717, 1.165) is 39.2 Å². The number of aromatic nitrogens is 1. The van der Waals surface area contributed by atoms with E-state index in [1.165, 1.54) is 10.8 Å². The molecular formula is C24H22N2OS. The van der Waals surface area contributed by atoms with Crippen molar-refractivity contribution in [1.82, 2.24) is 4.98 Å². The summed E-state index contributed by atoms with van der Waals surface area (Å²) in [5.74, 6) is 0.845. The van der Waals surface area contributed by atoms with Gasteiger partial charge in [0.25, 0.3) is 0 Å². The smallest absolute Gasteiger partial charge is 0.164 e. The van der Waals surface area contributed by atoms with Crippen LogP contribution in [0.15, 0.2) is 63.3 Å². The maximum Gasteiger partial charge on any atom is 0.164 e. The van der Waals surface area contributed by atoms with Gasteiger partial charge in [-0.3, -0.25) is 4.99 Å². The number of hydrogen-bond acceptors (Lipinski definition) is 4. The number of para-hydroxylation sites is 1. The van der Waals surface area contributed by atoms with E-state index < -0.39 is 0 Å². The second-order valence-corrected chi connectivity index (χ2v) is 9.25. The van der Waals surface area contributed by atoms with Crippen molar-refractivity contribution in [2.75, 3.05) is 0 Å². The molecule has 2 aromatic carbocycles. The summed E-state index contributed by atoms with van der Waals surface area (Å²) in [5.41, 5.74) is 3.33. The van der Waals surface area contributed by atoms with E-state index in [9.17, 15) is 0 Å². The molecule has 0 spiro atoms. The monoisotopic (exact) mass is 386 g/mol. The molecule has 4 heteroatoms. The molecule has 1 unspecified atom stereocenters. The van der Waals surface area contributed by atoms with Crippen molar-refractivity contribution in [1.29, 1.82) is 0 Å². The van der Waals surface area contributed by atoms with Crippen LogP contribution in [0, 0.1) is 0 Å². The maximum atomic E-state index is 6.07. The van der Waals surface area contributed by atoms with Crippen LogP contribution in [0.25, 0.3) is 27.8 Å². The average Bonchev–Trinajstić information content (AvgIpc) is 3.37. The van der Waals surface area contributed by atoms with E-state index >= 15 is 0 Å². The van der Waals surface area contributed by atoms with Crippen molar-refractivity contribution in [3.8, 4) is 10.8 Å². The Kier molecular flexibility index (Phi) is 3.98. The van der Waals surface area contributed by atoms with E-state index in [1.54, 1.807) is 11.3 Å². The zero-order valence-electron chi connectivity index (χ0n) is 16.3. The van der Waals surface area contributed by atoms with E-state index in [-0.39, 0.29) is 11.5 Å². The van der Waals surface area contributed by atoms with Gasteiger partial charge in [0.15, 0.2) is 10.8 Å². The Morgan fingerprint density at radius 2 is 1.93 bits per heavy atom. The summed E-state index contributed by atoms with van der Waals surface area (Å²) in [6.07, 6.45) is 3.15. The van der Waals surface area contributed by atoms with Crippen LogP contribution in [-0.4, -0.2) is 11.0 Å². The third-order valence-electron chi connectivity index (χ3n) is 5.12. The summed E-state index contributed by atoms with van der Waals surface area (Å²) in [4.78, 5) is 9.60. The summed E-state index contributed by atoms with van der Waals surface area (Å²) in [6.45, 7) is 6.54.